The Balaban J connectivity index is 1.30. The lowest BCUT2D eigenvalue weighted by molar-refractivity contribution is -0.566. The van der Waals surface area contributed by atoms with E-state index in [0.717, 1.165) is 89.4 Å². The molecule has 11 rings (SSSR count). The maximum absolute atomic E-state index is 6.70. The van der Waals surface area contributed by atoms with Gasteiger partial charge in [0.05, 0.1) is 16.7 Å². The van der Waals surface area contributed by atoms with Crippen molar-refractivity contribution in [2.45, 2.75) is 26.2 Å². The zero-order valence-electron chi connectivity index (χ0n) is 31.9. The molecule has 6 heteroatoms. The van der Waals surface area contributed by atoms with Crippen LogP contribution in [0.5, 0.6) is 11.5 Å². The molecule has 0 saturated carbocycles. The number of hydrogen-bond acceptors (Lipinski definition) is 3. The Kier molecular flexibility index (Phi) is 7.32. The number of pyridine rings is 2. The van der Waals surface area contributed by atoms with E-state index in [1.54, 1.807) is 0 Å². The lowest BCUT2D eigenvalue weighted by atomic mass is 9.85. The van der Waals surface area contributed by atoms with Crippen LogP contribution in [0.4, 0.5) is 0 Å². The number of nitrogens with zero attached hydrogens (tertiary/aromatic N) is 5. The van der Waals surface area contributed by atoms with E-state index in [4.69, 9.17) is 14.7 Å². The molecular weight excluding hydrogens is 699 g/mol. The molecule has 0 fully saturated rings. The number of ether oxygens (including phenoxy) is 1. The standard InChI is InChI=1S/C51H38N5O/c1-51(2,3)34-28-43-39-17-8-7-16-38(39)42-20-13-19-37(33-14-5-4-6-15-33)50(42)55-32-54(45-22-11-12-23-46(45)55)48-31-36(26-27-52-48)57-35-24-25-41-40-18-9-10-21-44(40)56(47(41)30-35)49(29-34)53-43/h4-32H,1-3H3/q+1. The van der Waals surface area contributed by atoms with Crippen molar-refractivity contribution in [2.24, 2.45) is 0 Å². The fourth-order valence-electron chi connectivity index (χ4n) is 8.48. The monoisotopic (exact) mass is 736 g/mol. The molecule has 6 nitrogen and oxygen atoms in total. The molecule has 0 atom stereocenters. The van der Waals surface area contributed by atoms with E-state index in [2.05, 4.69) is 192 Å². The Morgan fingerprint density at radius 2 is 1.25 bits per heavy atom. The molecule has 6 aromatic carbocycles. The minimum absolute atomic E-state index is 0.152. The van der Waals surface area contributed by atoms with E-state index in [9.17, 15) is 0 Å². The van der Waals surface area contributed by atoms with Crippen LogP contribution in [0.2, 0.25) is 0 Å². The molecule has 0 N–H and O–H groups in total. The van der Waals surface area contributed by atoms with Gasteiger partial charge in [0.25, 0.3) is 6.33 Å². The van der Waals surface area contributed by atoms with Crippen LogP contribution >= 0.6 is 0 Å². The molecule has 272 valence electrons. The molecule has 57 heavy (non-hydrogen) atoms. The summed E-state index contributed by atoms with van der Waals surface area (Å²) in [4.78, 5) is 10.5. The predicted octanol–water partition coefficient (Wildman–Crippen LogP) is 12.2. The average molecular weight is 737 g/mol. The van der Waals surface area contributed by atoms with Crippen LogP contribution in [-0.4, -0.2) is 19.1 Å². The van der Waals surface area contributed by atoms with Crippen molar-refractivity contribution >= 4 is 32.8 Å². The summed E-state index contributed by atoms with van der Waals surface area (Å²) in [5.41, 5.74) is 12.7. The quantitative estimate of drug-likeness (QED) is 0.158. The van der Waals surface area contributed by atoms with E-state index >= 15 is 0 Å². The first-order valence-electron chi connectivity index (χ1n) is 19.4. The molecule has 0 saturated heterocycles. The molecule has 1 aliphatic rings. The second-order valence-electron chi connectivity index (χ2n) is 15.8. The average Bonchev–Trinajstić information content (AvgIpc) is 3.79. The van der Waals surface area contributed by atoms with Crippen LogP contribution in [0.15, 0.2) is 176 Å². The number of imidazole rings is 1. The summed E-state index contributed by atoms with van der Waals surface area (Å²) in [6.45, 7) is 6.82. The number of aromatic nitrogens is 5. The SMILES string of the molecule is CC(C)(C)c1cc2nc(c1)-n1c3ccccc3c3ccc(cc31)Oc1ccnc(c1)-n1c[n+](c3ccccc31)-c1c(-c3ccccc3)cccc1-c1ccccc1-2. The van der Waals surface area contributed by atoms with E-state index < -0.39 is 0 Å². The third-order valence-electron chi connectivity index (χ3n) is 11.2. The summed E-state index contributed by atoms with van der Waals surface area (Å²) in [6, 6.07) is 57.9. The molecule has 8 bridgehead atoms. The molecule has 4 aromatic heterocycles. The number of para-hydroxylation sites is 4. The zero-order valence-corrected chi connectivity index (χ0v) is 31.9. The molecule has 0 radical (unpaired) electrons. The molecule has 0 aliphatic carbocycles. The van der Waals surface area contributed by atoms with E-state index in [1.807, 2.05) is 18.3 Å². The largest absolute Gasteiger partial charge is 0.457 e. The Morgan fingerprint density at radius 3 is 2.11 bits per heavy atom. The van der Waals surface area contributed by atoms with Gasteiger partial charge in [0.15, 0.2) is 11.0 Å². The summed E-state index contributed by atoms with van der Waals surface area (Å²) in [6.07, 6.45) is 3.98. The van der Waals surface area contributed by atoms with Gasteiger partial charge in [-0.2, -0.15) is 9.13 Å². The Labute approximate surface area is 330 Å². The number of rotatable bonds is 1. The molecule has 0 spiro atoms. The van der Waals surface area contributed by atoms with Crippen LogP contribution in [0.25, 0.3) is 83.7 Å². The van der Waals surface area contributed by atoms with Gasteiger partial charge in [-0.05, 0) is 70.6 Å². The van der Waals surface area contributed by atoms with Crippen molar-refractivity contribution in [3.8, 4) is 62.3 Å². The van der Waals surface area contributed by atoms with E-state index in [-0.39, 0.29) is 5.41 Å². The van der Waals surface area contributed by atoms with Crippen molar-refractivity contribution < 1.29 is 9.30 Å². The van der Waals surface area contributed by atoms with Gasteiger partial charge in [-0.3, -0.25) is 4.57 Å². The summed E-state index contributed by atoms with van der Waals surface area (Å²) in [5, 5.41) is 2.30. The minimum Gasteiger partial charge on any atom is -0.457 e. The van der Waals surface area contributed by atoms with Crippen molar-refractivity contribution in [1.29, 1.82) is 0 Å². The van der Waals surface area contributed by atoms with Crippen molar-refractivity contribution in [3.63, 3.8) is 0 Å². The molecule has 1 aliphatic heterocycles. The predicted molar refractivity (Wildman–Crippen MR) is 230 cm³/mol. The second kappa shape index (κ2) is 12.6. The van der Waals surface area contributed by atoms with Crippen LogP contribution < -0.4 is 9.30 Å². The van der Waals surface area contributed by atoms with Gasteiger partial charge in [-0.15, -0.1) is 0 Å². The first kappa shape index (κ1) is 33.1. The molecule has 0 amide bonds. The first-order chi connectivity index (χ1) is 27.9. The lowest BCUT2D eigenvalue weighted by Gasteiger charge is -2.22. The first-order valence-corrected chi connectivity index (χ1v) is 19.4. The number of hydrogen-bond donors (Lipinski definition) is 0. The summed E-state index contributed by atoms with van der Waals surface area (Å²) < 4.78 is 13.5. The van der Waals surface area contributed by atoms with Crippen molar-refractivity contribution in [2.75, 3.05) is 0 Å². The number of fused-ring (bicyclic) bond motifs is 20. The number of benzene rings is 6. The topological polar surface area (TPSA) is 48.8 Å². The summed E-state index contributed by atoms with van der Waals surface area (Å²) >= 11 is 0. The maximum atomic E-state index is 6.70. The normalized spacial score (nSPS) is 12.3. The van der Waals surface area contributed by atoms with Gasteiger partial charge in [0.1, 0.15) is 23.0 Å². The van der Waals surface area contributed by atoms with Crippen molar-refractivity contribution in [3.05, 3.63) is 182 Å². The van der Waals surface area contributed by atoms with E-state index in [0.29, 0.717) is 5.75 Å². The van der Waals surface area contributed by atoms with Crippen LogP contribution in [0.1, 0.15) is 26.3 Å². The second-order valence-corrected chi connectivity index (χ2v) is 15.8. The lowest BCUT2D eigenvalue weighted by Crippen LogP contribution is -2.31. The fourth-order valence-corrected chi connectivity index (χ4v) is 8.48. The van der Waals surface area contributed by atoms with Gasteiger partial charge in [-0.1, -0.05) is 124 Å². The van der Waals surface area contributed by atoms with Crippen LogP contribution in [-0.2, 0) is 5.41 Å². The Morgan fingerprint density at radius 1 is 0.544 bits per heavy atom. The third kappa shape index (κ3) is 5.36. The highest BCUT2D eigenvalue weighted by Crippen LogP contribution is 2.41. The minimum atomic E-state index is -0.152. The fraction of sp³-hybridized carbons (Fsp3) is 0.0784. The van der Waals surface area contributed by atoms with Gasteiger partial charge in [0, 0.05) is 45.8 Å². The van der Waals surface area contributed by atoms with Crippen LogP contribution in [0.3, 0.4) is 0 Å². The van der Waals surface area contributed by atoms with Gasteiger partial charge in [0.2, 0.25) is 5.82 Å². The van der Waals surface area contributed by atoms with Crippen LogP contribution in [0, 0.1) is 0 Å². The molecular formula is C51H38N5O+. The zero-order chi connectivity index (χ0) is 38.3. The smallest absolute Gasteiger partial charge is 0.256 e. The summed E-state index contributed by atoms with van der Waals surface area (Å²) in [7, 11) is 0. The van der Waals surface area contributed by atoms with Gasteiger partial charge >= 0.3 is 0 Å². The maximum Gasteiger partial charge on any atom is 0.256 e. The third-order valence-corrected chi connectivity index (χ3v) is 11.2. The molecule has 5 heterocycles. The molecule has 10 aromatic rings. The van der Waals surface area contributed by atoms with Crippen molar-refractivity contribution in [1.82, 2.24) is 19.1 Å². The van der Waals surface area contributed by atoms with Gasteiger partial charge < -0.3 is 4.74 Å². The van der Waals surface area contributed by atoms with E-state index in [1.165, 1.54) is 5.56 Å². The Hall–Kier alpha value is -7.31. The van der Waals surface area contributed by atoms with Gasteiger partial charge in [-0.25, -0.2) is 9.97 Å². The summed E-state index contributed by atoms with van der Waals surface area (Å²) in [5.74, 6) is 3.04. The highest BCUT2D eigenvalue weighted by atomic mass is 16.5. The molecule has 0 unspecified atom stereocenters. The highest BCUT2D eigenvalue weighted by Gasteiger charge is 2.28. The Bertz CT molecular complexity index is 3200. The highest BCUT2D eigenvalue weighted by molar-refractivity contribution is 6.09.